The molecule has 0 spiro atoms. The quantitative estimate of drug-likeness (QED) is 0.738. The second-order valence-electron chi connectivity index (χ2n) is 4.50. The predicted octanol–water partition coefficient (Wildman–Crippen LogP) is 3.48. The van der Waals surface area contributed by atoms with Gasteiger partial charge in [0, 0.05) is 5.56 Å². The molecule has 106 valence electrons. The first kappa shape index (κ1) is 13.2. The van der Waals surface area contributed by atoms with E-state index in [1.54, 1.807) is 25.3 Å². The van der Waals surface area contributed by atoms with Crippen LogP contribution in [0, 0.1) is 0 Å². The first-order valence-electron chi connectivity index (χ1n) is 6.49. The van der Waals surface area contributed by atoms with Gasteiger partial charge in [-0.15, -0.1) is 0 Å². The van der Waals surface area contributed by atoms with Gasteiger partial charge in [0.15, 0.2) is 17.1 Å². The van der Waals surface area contributed by atoms with E-state index in [0.29, 0.717) is 22.5 Å². The molecule has 0 aliphatic carbocycles. The topological polar surface area (TPSA) is 48.7 Å². The van der Waals surface area contributed by atoms with Crippen molar-refractivity contribution >= 4 is 11.0 Å². The molecule has 0 bridgehead atoms. The van der Waals surface area contributed by atoms with Crippen LogP contribution in [0.3, 0.4) is 0 Å². The van der Waals surface area contributed by atoms with Gasteiger partial charge in [-0.1, -0.05) is 36.4 Å². The van der Waals surface area contributed by atoms with Crippen molar-refractivity contribution in [2.75, 3.05) is 14.2 Å². The number of rotatable bonds is 3. The van der Waals surface area contributed by atoms with Crippen LogP contribution < -0.4 is 14.9 Å². The predicted molar refractivity (Wildman–Crippen MR) is 81.0 cm³/mol. The molecule has 0 unspecified atom stereocenters. The van der Waals surface area contributed by atoms with Crippen LogP contribution in [0.4, 0.5) is 0 Å². The zero-order valence-corrected chi connectivity index (χ0v) is 11.8. The highest BCUT2D eigenvalue weighted by molar-refractivity contribution is 5.86. The van der Waals surface area contributed by atoms with Crippen LogP contribution in [0.25, 0.3) is 22.3 Å². The minimum Gasteiger partial charge on any atom is -0.493 e. The Balaban J connectivity index is 2.42. The summed E-state index contributed by atoms with van der Waals surface area (Å²) in [6.45, 7) is 0. The average Bonchev–Trinajstić information content (AvgIpc) is 2.55. The van der Waals surface area contributed by atoms with Crippen LogP contribution in [-0.2, 0) is 0 Å². The van der Waals surface area contributed by atoms with Gasteiger partial charge < -0.3 is 13.9 Å². The third kappa shape index (κ3) is 2.14. The lowest BCUT2D eigenvalue weighted by molar-refractivity contribution is 0.391. The molecule has 0 atom stereocenters. The lowest BCUT2D eigenvalue weighted by atomic mass is 10.1. The van der Waals surface area contributed by atoms with Gasteiger partial charge in [-0.25, -0.2) is 0 Å². The number of hydrogen-bond donors (Lipinski definition) is 0. The first-order chi connectivity index (χ1) is 10.3. The van der Waals surface area contributed by atoms with E-state index in [9.17, 15) is 4.79 Å². The fourth-order valence-corrected chi connectivity index (χ4v) is 2.30. The van der Waals surface area contributed by atoms with Gasteiger partial charge in [-0.3, -0.25) is 4.79 Å². The van der Waals surface area contributed by atoms with Crippen LogP contribution in [-0.4, -0.2) is 14.2 Å². The number of para-hydroxylation sites is 1. The van der Waals surface area contributed by atoms with E-state index in [1.165, 1.54) is 7.11 Å². The molecule has 3 rings (SSSR count). The Morgan fingerprint density at radius 2 is 1.67 bits per heavy atom. The Bertz CT molecular complexity index is 835. The zero-order valence-electron chi connectivity index (χ0n) is 11.8. The van der Waals surface area contributed by atoms with Crippen molar-refractivity contribution < 1.29 is 13.9 Å². The van der Waals surface area contributed by atoms with E-state index in [0.717, 1.165) is 5.56 Å². The summed E-state index contributed by atoms with van der Waals surface area (Å²) in [5, 5.41) is 0.436. The summed E-state index contributed by atoms with van der Waals surface area (Å²) in [6.07, 6.45) is 0. The highest BCUT2D eigenvalue weighted by atomic mass is 16.5. The molecule has 21 heavy (non-hydrogen) atoms. The van der Waals surface area contributed by atoms with Crippen molar-refractivity contribution in [3.8, 4) is 22.8 Å². The maximum Gasteiger partial charge on any atom is 0.235 e. The number of fused-ring (bicyclic) bond motifs is 1. The normalized spacial score (nSPS) is 10.6. The van der Waals surface area contributed by atoms with Gasteiger partial charge in [-0.05, 0) is 12.1 Å². The minimum absolute atomic E-state index is 0.196. The fourth-order valence-electron chi connectivity index (χ4n) is 2.30. The summed E-state index contributed by atoms with van der Waals surface area (Å²) in [6, 6.07) is 14.6. The summed E-state index contributed by atoms with van der Waals surface area (Å²) in [4.78, 5) is 12.6. The van der Waals surface area contributed by atoms with E-state index in [4.69, 9.17) is 13.9 Å². The molecule has 0 aliphatic rings. The molecule has 0 saturated heterocycles. The third-order valence-electron chi connectivity index (χ3n) is 3.30. The summed E-state index contributed by atoms with van der Waals surface area (Å²) in [5.74, 6) is 1.12. The lowest BCUT2D eigenvalue weighted by Gasteiger charge is -2.10. The van der Waals surface area contributed by atoms with E-state index in [1.807, 2.05) is 30.3 Å². The molecule has 0 aliphatic heterocycles. The highest BCUT2D eigenvalue weighted by Crippen LogP contribution is 2.33. The SMILES string of the molecule is COc1c(-c2ccccc2)oc2c(OC)cccc2c1=O. The maximum atomic E-state index is 12.6. The Hall–Kier alpha value is -2.75. The van der Waals surface area contributed by atoms with Crippen LogP contribution >= 0.6 is 0 Å². The van der Waals surface area contributed by atoms with Gasteiger partial charge >= 0.3 is 0 Å². The molecular formula is C17H14O4. The van der Waals surface area contributed by atoms with Gasteiger partial charge in [0.2, 0.25) is 11.2 Å². The Labute approximate surface area is 121 Å². The van der Waals surface area contributed by atoms with E-state index >= 15 is 0 Å². The largest absolute Gasteiger partial charge is 0.493 e. The van der Waals surface area contributed by atoms with Crippen molar-refractivity contribution in [3.05, 3.63) is 58.8 Å². The molecule has 0 saturated carbocycles. The molecular weight excluding hydrogens is 268 g/mol. The molecule has 0 N–H and O–H groups in total. The number of methoxy groups -OCH3 is 2. The van der Waals surface area contributed by atoms with Gasteiger partial charge in [0.25, 0.3) is 0 Å². The Morgan fingerprint density at radius 1 is 0.905 bits per heavy atom. The summed E-state index contributed by atoms with van der Waals surface area (Å²) >= 11 is 0. The molecule has 3 aromatic rings. The molecule has 0 radical (unpaired) electrons. The molecule has 0 amide bonds. The van der Waals surface area contributed by atoms with Crippen molar-refractivity contribution in [2.24, 2.45) is 0 Å². The lowest BCUT2D eigenvalue weighted by Crippen LogP contribution is -2.08. The van der Waals surface area contributed by atoms with Crippen molar-refractivity contribution in [3.63, 3.8) is 0 Å². The Morgan fingerprint density at radius 3 is 2.33 bits per heavy atom. The number of benzene rings is 2. The van der Waals surface area contributed by atoms with E-state index in [-0.39, 0.29) is 11.2 Å². The van der Waals surface area contributed by atoms with E-state index < -0.39 is 0 Å². The molecule has 0 fully saturated rings. The molecule has 1 heterocycles. The van der Waals surface area contributed by atoms with Crippen LogP contribution in [0.1, 0.15) is 0 Å². The second kappa shape index (κ2) is 5.32. The van der Waals surface area contributed by atoms with Crippen molar-refractivity contribution in [1.29, 1.82) is 0 Å². The molecule has 1 aromatic heterocycles. The molecule has 2 aromatic carbocycles. The van der Waals surface area contributed by atoms with Crippen LogP contribution in [0.5, 0.6) is 11.5 Å². The van der Waals surface area contributed by atoms with Gasteiger partial charge in [-0.2, -0.15) is 0 Å². The van der Waals surface area contributed by atoms with Gasteiger partial charge in [0.05, 0.1) is 19.6 Å². The molecule has 4 nitrogen and oxygen atoms in total. The maximum absolute atomic E-state index is 12.6. The second-order valence-corrected chi connectivity index (χ2v) is 4.50. The first-order valence-corrected chi connectivity index (χ1v) is 6.49. The van der Waals surface area contributed by atoms with Gasteiger partial charge in [0.1, 0.15) is 0 Å². The van der Waals surface area contributed by atoms with Crippen molar-refractivity contribution in [1.82, 2.24) is 0 Å². The monoisotopic (exact) mass is 282 g/mol. The van der Waals surface area contributed by atoms with Crippen LogP contribution in [0.2, 0.25) is 0 Å². The number of hydrogen-bond acceptors (Lipinski definition) is 4. The summed E-state index contributed by atoms with van der Waals surface area (Å²) in [7, 11) is 3.01. The third-order valence-corrected chi connectivity index (χ3v) is 3.30. The Kier molecular flexibility index (Phi) is 3.36. The zero-order chi connectivity index (χ0) is 14.8. The standard InChI is InChI=1S/C17H14O4/c1-19-13-10-6-9-12-14(18)17(20-2)15(21-16(12)13)11-7-4-3-5-8-11/h3-10H,1-2H3. The average molecular weight is 282 g/mol. The van der Waals surface area contributed by atoms with Crippen molar-refractivity contribution in [2.45, 2.75) is 0 Å². The van der Waals surface area contributed by atoms with E-state index in [2.05, 4.69) is 0 Å². The summed E-state index contributed by atoms with van der Waals surface area (Å²) in [5.41, 5.74) is 0.986. The fraction of sp³-hybridized carbons (Fsp3) is 0.118. The summed E-state index contributed by atoms with van der Waals surface area (Å²) < 4.78 is 16.5. The minimum atomic E-state index is -0.212. The van der Waals surface area contributed by atoms with Crippen LogP contribution in [0.15, 0.2) is 57.7 Å². The highest BCUT2D eigenvalue weighted by Gasteiger charge is 2.18. The molecule has 4 heteroatoms. The smallest absolute Gasteiger partial charge is 0.235 e. The number of ether oxygens (including phenoxy) is 2.